The van der Waals surface area contributed by atoms with Crippen molar-refractivity contribution < 1.29 is 42.3 Å². The molecule has 0 fully saturated rings. The predicted octanol–water partition coefficient (Wildman–Crippen LogP) is -1.63. The van der Waals surface area contributed by atoms with Crippen molar-refractivity contribution in [1.29, 1.82) is 0 Å². The molecule has 0 saturated carbocycles. The van der Waals surface area contributed by atoms with Crippen LogP contribution in [-0.4, -0.2) is 33.7 Å². The van der Waals surface area contributed by atoms with Gasteiger partial charge in [-0.05, 0) is 0 Å². The Balaban J connectivity index is 0. The van der Waals surface area contributed by atoms with Gasteiger partial charge in [0.25, 0.3) is 0 Å². The number of hydrogen-bond donors (Lipinski definition) is 2. The van der Waals surface area contributed by atoms with Crippen LogP contribution in [0.2, 0.25) is 0 Å². The number of rotatable bonds is 3. The molecule has 0 aliphatic carbocycles. The van der Waals surface area contributed by atoms with Gasteiger partial charge in [0.2, 0.25) is 0 Å². The summed E-state index contributed by atoms with van der Waals surface area (Å²) in [5, 5.41) is 17.7. The first-order chi connectivity index (χ1) is 6.16. The van der Waals surface area contributed by atoms with Crippen LogP contribution in [0, 0.1) is 0 Å². The Bertz CT molecular complexity index is 315. The molecule has 1 unspecified atom stereocenters. The summed E-state index contributed by atoms with van der Waals surface area (Å²) in [6, 6.07) is 7.04. The number of aliphatic hydroxyl groups excluding tert-OH is 1. The normalized spacial score (nSPS) is 10.7. The van der Waals surface area contributed by atoms with Crippen LogP contribution in [0.15, 0.2) is 24.3 Å². The summed E-state index contributed by atoms with van der Waals surface area (Å²) in [5.74, 6) is -1.84. The summed E-state index contributed by atoms with van der Waals surface area (Å²) in [6.45, 7) is -0.381. The maximum atomic E-state index is 10.7. The molecule has 0 bridgehead atoms. The van der Waals surface area contributed by atoms with E-state index in [1.165, 1.54) is 0 Å². The molecule has 6 heteroatoms. The van der Waals surface area contributed by atoms with Crippen LogP contribution in [0.5, 0.6) is 0 Å². The van der Waals surface area contributed by atoms with E-state index in [0.29, 0.717) is 5.56 Å². The van der Waals surface area contributed by atoms with Gasteiger partial charge >= 0.3 is 84.0 Å². The average Bonchev–Trinajstić information content (AvgIpc) is 2.09. The molecule has 1 aromatic carbocycles. The van der Waals surface area contributed by atoms with E-state index in [1.54, 1.807) is 18.2 Å². The van der Waals surface area contributed by atoms with Crippen LogP contribution in [0.4, 0.5) is 0 Å². The van der Waals surface area contributed by atoms with Gasteiger partial charge in [0.1, 0.15) is 0 Å². The zero-order chi connectivity index (χ0) is 9.84. The van der Waals surface area contributed by atoms with Crippen LogP contribution in [0.3, 0.4) is 0 Å². The van der Waals surface area contributed by atoms with Gasteiger partial charge in [-0.3, -0.25) is 0 Å². The van der Waals surface area contributed by atoms with Gasteiger partial charge in [0, 0.05) is 0 Å². The van der Waals surface area contributed by atoms with Crippen molar-refractivity contribution in [1.82, 2.24) is 0 Å². The monoisotopic (exact) mass is 253 g/mol. The van der Waals surface area contributed by atoms with Crippen molar-refractivity contribution in [2.45, 2.75) is 5.92 Å². The van der Waals surface area contributed by atoms with Crippen LogP contribution < -0.4 is 4.43 Å². The van der Waals surface area contributed by atoms with Gasteiger partial charge in [-0.15, -0.1) is 0 Å². The third-order valence-electron chi connectivity index (χ3n) is 1.78. The number of aliphatic carboxylic acids is 1. The minimum absolute atomic E-state index is 0. The van der Waals surface area contributed by atoms with Crippen molar-refractivity contribution in [2.75, 3.05) is 6.61 Å². The molecule has 0 spiro atoms. The zero-order valence-corrected chi connectivity index (χ0v) is 9.08. The van der Waals surface area contributed by atoms with Crippen LogP contribution in [-0.2, 0) is 21.1 Å². The van der Waals surface area contributed by atoms with Crippen molar-refractivity contribution in [3.8, 4) is 0 Å². The molecule has 1 aromatic rings. The fourth-order valence-corrected chi connectivity index (χ4v) is 1.53. The Labute approximate surface area is 95.4 Å². The van der Waals surface area contributed by atoms with Crippen molar-refractivity contribution >= 4 is 10.4 Å². The molecule has 0 saturated heterocycles. The van der Waals surface area contributed by atoms with E-state index >= 15 is 0 Å². The summed E-state index contributed by atoms with van der Waals surface area (Å²) in [5.41, 5.74) is 0.623. The molecule has 1 atom stereocenters. The molecule has 85 valence electrons. The summed E-state index contributed by atoms with van der Waals surface area (Å²) in [7, 11) is 0. The molecule has 15 heavy (non-hydrogen) atoms. The van der Waals surface area contributed by atoms with Crippen molar-refractivity contribution in [2.24, 2.45) is 0 Å². The molecule has 0 radical (unpaired) electrons. The maximum absolute atomic E-state index is 10.7. The Morgan fingerprint density at radius 3 is 2.27 bits per heavy atom. The summed E-state index contributed by atoms with van der Waals surface area (Å²) in [6.07, 6.45) is 0. The van der Waals surface area contributed by atoms with E-state index in [1.807, 2.05) is 6.07 Å². The first kappa shape index (κ1) is 16.5. The van der Waals surface area contributed by atoms with Crippen LogP contribution in [0.1, 0.15) is 11.5 Å². The van der Waals surface area contributed by atoms with Gasteiger partial charge in [0.15, 0.2) is 0 Å². The Morgan fingerprint density at radius 1 is 1.33 bits per heavy atom. The molecule has 0 aliphatic rings. The molecule has 0 aromatic heterocycles. The topological polar surface area (TPSA) is 121 Å². The third kappa shape index (κ3) is 4.00. The molecule has 0 aliphatic heterocycles. The second kappa shape index (κ2) is 7.40. The number of carbonyl (C=O) groups is 1. The second-order valence-corrected chi connectivity index (χ2v) is 3.30. The fraction of sp³-hybridized carbons (Fsp3) is 0.222. The number of carboxylic acid groups (broad SMARTS) is 1. The third-order valence-corrected chi connectivity index (χ3v) is 2.36. The van der Waals surface area contributed by atoms with E-state index in [0.717, 1.165) is 4.43 Å². The first-order valence-corrected chi connectivity index (χ1v) is 4.40. The van der Waals surface area contributed by atoms with Crippen LogP contribution in [0.25, 0.3) is 0 Å². The fourth-order valence-electron chi connectivity index (χ4n) is 1.08. The van der Waals surface area contributed by atoms with Gasteiger partial charge in [-0.2, -0.15) is 0 Å². The van der Waals surface area contributed by atoms with E-state index in [9.17, 15) is 4.79 Å². The number of aliphatic hydroxyl groups is 1. The summed E-state index contributed by atoms with van der Waals surface area (Å²) in [4.78, 5) is 10.7. The van der Waals surface area contributed by atoms with Gasteiger partial charge in [0.05, 0.1) is 0 Å². The van der Waals surface area contributed by atoms with E-state index in [2.05, 4.69) is 16.3 Å². The minimum atomic E-state index is -1.01. The number of carboxylic acids is 1. The van der Waals surface area contributed by atoms with Crippen molar-refractivity contribution in [3.05, 3.63) is 29.8 Å². The molecular weight excluding hydrogens is 240 g/mol. The standard InChI is InChI=1S/C9H9O3.Cr.2H2O/c10-6-8(9(11)12)7-4-2-1-3-5-7;;;/h1-4,8,10H,6H2,(H,11,12);;2*1H2. The van der Waals surface area contributed by atoms with Crippen LogP contribution >= 0.6 is 0 Å². The second-order valence-electron chi connectivity index (χ2n) is 2.61. The predicted molar refractivity (Wildman–Crippen MR) is 50.8 cm³/mol. The Hall–Kier alpha value is -0.898. The van der Waals surface area contributed by atoms with Crippen molar-refractivity contribution in [3.63, 3.8) is 0 Å². The first-order valence-electron chi connectivity index (χ1n) is 3.76. The van der Waals surface area contributed by atoms with E-state index in [4.69, 9.17) is 10.2 Å². The van der Waals surface area contributed by atoms with E-state index < -0.39 is 11.9 Å². The number of hydrogen-bond acceptors (Lipinski definition) is 2. The molecule has 6 N–H and O–H groups in total. The van der Waals surface area contributed by atoms with Gasteiger partial charge < -0.3 is 11.0 Å². The Kier molecular flexibility index (Phi) is 8.16. The quantitative estimate of drug-likeness (QED) is 0.672. The zero-order valence-electron chi connectivity index (χ0n) is 7.80. The molecule has 5 nitrogen and oxygen atoms in total. The molecule has 0 amide bonds. The number of benzene rings is 1. The Morgan fingerprint density at radius 2 is 1.87 bits per heavy atom. The van der Waals surface area contributed by atoms with Gasteiger partial charge in [-0.1, -0.05) is 0 Å². The SMILES string of the molecule is O.O.O=C(O)C(CO)c1cccc[c]1[Cr]. The molecule has 0 heterocycles. The van der Waals surface area contributed by atoms with E-state index in [-0.39, 0.29) is 17.6 Å². The molecule has 1 rings (SSSR count). The summed E-state index contributed by atoms with van der Waals surface area (Å²) >= 11 is 2.77. The molecular formula is C9H13CrO5. The van der Waals surface area contributed by atoms with Gasteiger partial charge in [-0.25, -0.2) is 0 Å². The summed E-state index contributed by atoms with van der Waals surface area (Å²) < 4.78 is 0.768. The average molecular weight is 253 g/mol.